The first-order chi connectivity index (χ1) is 13.4. The summed E-state index contributed by atoms with van der Waals surface area (Å²) in [6, 6.07) is 12.9. The summed E-state index contributed by atoms with van der Waals surface area (Å²) in [5.74, 6) is -0.335. The lowest BCUT2D eigenvalue weighted by molar-refractivity contribution is -0.137. The van der Waals surface area contributed by atoms with E-state index < -0.39 is 11.7 Å². The highest BCUT2D eigenvalue weighted by atomic mass is 19.4. The van der Waals surface area contributed by atoms with E-state index in [1.807, 2.05) is 0 Å². The largest absolute Gasteiger partial charge is 0.416 e. The topological polar surface area (TPSA) is 72.7 Å². The molecule has 0 aliphatic rings. The van der Waals surface area contributed by atoms with Gasteiger partial charge in [0.2, 0.25) is 0 Å². The number of benzene rings is 2. The minimum atomic E-state index is -4.45. The van der Waals surface area contributed by atoms with Gasteiger partial charge in [-0.1, -0.05) is 6.07 Å². The Morgan fingerprint density at radius 1 is 0.964 bits per heavy atom. The predicted octanol–water partition coefficient (Wildman–Crippen LogP) is 4.09. The standard InChI is InChI=1S/C19H12F3N5O/c20-19(21,22)13-4-1-5-15(9-13)27-25-16-7-6-14(10-17(16)26-27)24-18(28)12-3-2-8-23-11-12/h1-11H,(H,24,28). The fourth-order valence-corrected chi connectivity index (χ4v) is 2.61. The minimum absolute atomic E-state index is 0.187. The first-order valence-electron chi connectivity index (χ1n) is 8.16. The van der Waals surface area contributed by atoms with Gasteiger partial charge < -0.3 is 5.32 Å². The molecule has 4 rings (SSSR count). The summed E-state index contributed by atoms with van der Waals surface area (Å²) in [6.45, 7) is 0. The van der Waals surface area contributed by atoms with Crippen LogP contribution in [0.3, 0.4) is 0 Å². The van der Waals surface area contributed by atoms with Crippen LogP contribution >= 0.6 is 0 Å². The number of rotatable bonds is 3. The molecule has 0 unspecified atom stereocenters. The van der Waals surface area contributed by atoms with Gasteiger partial charge in [0.25, 0.3) is 5.91 Å². The zero-order chi connectivity index (χ0) is 19.7. The summed E-state index contributed by atoms with van der Waals surface area (Å²) in [7, 11) is 0. The van der Waals surface area contributed by atoms with Crippen LogP contribution < -0.4 is 5.32 Å². The first-order valence-corrected chi connectivity index (χ1v) is 8.16. The molecule has 0 saturated heterocycles. The number of hydrogen-bond acceptors (Lipinski definition) is 4. The lowest BCUT2D eigenvalue weighted by atomic mass is 10.2. The zero-order valence-corrected chi connectivity index (χ0v) is 14.2. The average Bonchev–Trinajstić information content (AvgIpc) is 3.11. The van der Waals surface area contributed by atoms with Gasteiger partial charge in [0.1, 0.15) is 11.0 Å². The monoisotopic (exact) mass is 383 g/mol. The van der Waals surface area contributed by atoms with E-state index in [1.165, 1.54) is 18.3 Å². The molecule has 28 heavy (non-hydrogen) atoms. The number of amides is 1. The number of alkyl halides is 3. The van der Waals surface area contributed by atoms with Crippen molar-refractivity contribution >= 4 is 22.6 Å². The van der Waals surface area contributed by atoms with Crippen molar-refractivity contribution < 1.29 is 18.0 Å². The van der Waals surface area contributed by atoms with Gasteiger partial charge in [-0.25, -0.2) is 0 Å². The van der Waals surface area contributed by atoms with Crippen LogP contribution in [0, 0.1) is 0 Å². The quantitative estimate of drug-likeness (QED) is 0.578. The number of halogens is 3. The summed E-state index contributed by atoms with van der Waals surface area (Å²) >= 11 is 0. The van der Waals surface area contributed by atoms with Gasteiger partial charge in [0.05, 0.1) is 16.8 Å². The van der Waals surface area contributed by atoms with Crippen molar-refractivity contribution in [2.75, 3.05) is 5.32 Å². The maximum atomic E-state index is 12.9. The molecule has 0 fully saturated rings. The van der Waals surface area contributed by atoms with Crippen LogP contribution in [0.4, 0.5) is 18.9 Å². The van der Waals surface area contributed by atoms with E-state index in [1.54, 1.807) is 36.5 Å². The molecule has 4 aromatic rings. The number of hydrogen-bond donors (Lipinski definition) is 1. The van der Waals surface area contributed by atoms with Gasteiger partial charge in [-0.3, -0.25) is 9.78 Å². The highest BCUT2D eigenvalue weighted by Crippen LogP contribution is 2.30. The van der Waals surface area contributed by atoms with Crippen molar-refractivity contribution in [2.45, 2.75) is 6.18 Å². The molecule has 6 nitrogen and oxygen atoms in total. The van der Waals surface area contributed by atoms with Crippen molar-refractivity contribution in [3.63, 3.8) is 0 Å². The third-order valence-electron chi connectivity index (χ3n) is 3.97. The Morgan fingerprint density at radius 3 is 2.54 bits per heavy atom. The second-order valence-corrected chi connectivity index (χ2v) is 5.94. The molecule has 2 aromatic heterocycles. The molecule has 2 aromatic carbocycles. The predicted molar refractivity (Wildman–Crippen MR) is 96.1 cm³/mol. The molecule has 0 spiro atoms. The molecule has 1 N–H and O–H groups in total. The first kappa shape index (κ1) is 17.7. The number of carbonyl (C=O) groups is 1. The van der Waals surface area contributed by atoms with E-state index in [0.717, 1.165) is 16.9 Å². The van der Waals surface area contributed by atoms with Gasteiger partial charge in [0.15, 0.2) is 0 Å². The van der Waals surface area contributed by atoms with E-state index in [9.17, 15) is 18.0 Å². The number of carbonyl (C=O) groups excluding carboxylic acids is 1. The van der Waals surface area contributed by atoms with Crippen molar-refractivity contribution in [3.8, 4) is 5.69 Å². The molecule has 9 heteroatoms. The Hall–Kier alpha value is -3.75. The number of fused-ring (bicyclic) bond motifs is 1. The third-order valence-corrected chi connectivity index (χ3v) is 3.97. The van der Waals surface area contributed by atoms with Gasteiger partial charge >= 0.3 is 6.18 Å². The van der Waals surface area contributed by atoms with Gasteiger partial charge in [-0.15, -0.1) is 10.2 Å². The van der Waals surface area contributed by atoms with Gasteiger partial charge in [0, 0.05) is 18.1 Å². The van der Waals surface area contributed by atoms with Gasteiger partial charge in [-0.05, 0) is 48.5 Å². The molecule has 2 heterocycles. The molecule has 140 valence electrons. The molecule has 0 saturated carbocycles. The summed E-state index contributed by atoms with van der Waals surface area (Å²) in [6.07, 6.45) is -1.45. The summed E-state index contributed by atoms with van der Waals surface area (Å²) in [5.41, 5.74) is 1.20. The third kappa shape index (κ3) is 3.54. The second-order valence-electron chi connectivity index (χ2n) is 5.94. The Labute approximate surface area is 156 Å². The molecule has 1 amide bonds. The summed E-state index contributed by atoms with van der Waals surface area (Å²) in [4.78, 5) is 17.2. The lowest BCUT2D eigenvalue weighted by Crippen LogP contribution is -2.11. The molecule has 0 aliphatic heterocycles. The minimum Gasteiger partial charge on any atom is -0.322 e. The van der Waals surface area contributed by atoms with Crippen LogP contribution in [0.5, 0.6) is 0 Å². The normalized spacial score (nSPS) is 11.5. The van der Waals surface area contributed by atoms with Crippen LogP contribution in [0.1, 0.15) is 15.9 Å². The number of nitrogens with zero attached hydrogens (tertiary/aromatic N) is 4. The fraction of sp³-hybridized carbons (Fsp3) is 0.0526. The van der Waals surface area contributed by atoms with E-state index in [4.69, 9.17) is 0 Å². The summed E-state index contributed by atoms with van der Waals surface area (Å²) in [5, 5.41) is 11.1. The number of aromatic nitrogens is 4. The maximum Gasteiger partial charge on any atom is 0.416 e. The highest BCUT2D eigenvalue weighted by molar-refractivity contribution is 6.04. The molecule has 0 aliphatic carbocycles. The highest BCUT2D eigenvalue weighted by Gasteiger charge is 2.30. The van der Waals surface area contributed by atoms with Crippen molar-refractivity contribution in [2.24, 2.45) is 0 Å². The Morgan fingerprint density at radius 2 is 1.79 bits per heavy atom. The van der Waals surface area contributed by atoms with Crippen LogP contribution in [0.2, 0.25) is 0 Å². The number of pyridine rings is 1. The fourth-order valence-electron chi connectivity index (χ4n) is 2.61. The van der Waals surface area contributed by atoms with Crippen molar-refractivity contribution in [3.05, 3.63) is 78.1 Å². The smallest absolute Gasteiger partial charge is 0.322 e. The van der Waals surface area contributed by atoms with E-state index in [2.05, 4.69) is 20.5 Å². The molecular weight excluding hydrogens is 371 g/mol. The van der Waals surface area contributed by atoms with Crippen molar-refractivity contribution in [1.29, 1.82) is 0 Å². The van der Waals surface area contributed by atoms with E-state index in [0.29, 0.717) is 22.3 Å². The van der Waals surface area contributed by atoms with Crippen LogP contribution in [0.15, 0.2) is 67.0 Å². The Kier molecular flexibility index (Phi) is 4.26. The van der Waals surface area contributed by atoms with Crippen LogP contribution in [-0.2, 0) is 6.18 Å². The van der Waals surface area contributed by atoms with E-state index in [-0.39, 0.29) is 11.6 Å². The van der Waals surface area contributed by atoms with Gasteiger partial charge in [-0.2, -0.15) is 18.0 Å². The Bertz CT molecular complexity index is 1160. The summed E-state index contributed by atoms with van der Waals surface area (Å²) < 4.78 is 38.7. The molecule has 0 bridgehead atoms. The molecule has 0 radical (unpaired) electrons. The molecule has 0 atom stereocenters. The van der Waals surface area contributed by atoms with Crippen LogP contribution in [-0.4, -0.2) is 25.9 Å². The van der Waals surface area contributed by atoms with E-state index >= 15 is 0 Å². The average molecular weight is 383 g/mol. The molecular formula is C19H12F3N5O. The maximum absolute atomic E-state index is 12.9. The second kappa shape index (κ2) is 6.76. The Balaban J connectivity index is 1.63. The lowest BCUT2D eigenvalue weighted by Gasteiger charge is -2.07. The van der Waals surface area contributed by atoms with Crippen molar-refractivity contribution in [1.82, 2.24) is 20.0 Å². The zero-order valence-electron chi connectivity index (χ0n) is 14.2. The number of nitrogens with one attached hydrogen (secondary N) is 1. The van der Waals surface area contributed by atoms with Crippen LogP contribution in [0.25, 0.3) is 16.7 Å². The number of anilines is 1. The SMILES string of the molecule is O=C(Nc1ccc2nn(-c3cccc(C(F)(F)F)c3)nc2c1)c1cccnc1.